The van der Waals surface area contributed by atoms with E-state index < -0.39 is 0 Å². The number of likely N-dealkylation sites (tertiary alicyclic amines) is 1. The molecule has 0 bridgehead atoms. The number of aromatic nitrogens is 1. The van der Waals surface area contributed by atoms with Gasteiger partial charge in [-0.15, -0.1) is 0 Å². The van der Waals surface area contributed by atoms with Crippen molar-refractivity contribution < 1.29 is 23.5 Å². The van der Waals surface area contributed by atoms with Crippen LogP contribution in [0.25, 0.3) is 0 Å². The molecule has 8 nitrogen and oxygen atoms in total. The Balaban J connectivity index is 1.22. The molecule has 4 heterocycles. The first kappa shape index (κ1) is 20.2. The van der Waals surface area contributed by atoms with E-state index in [1.165, 1.54) is 0 Å². The Bertz CT molecular complexity index is 993. The van der Waals surface area contributed by atoms with Gasteiger partial charge in [0.25, 0.3) is 11.8 Å². The van der Waals surface area contributed by atoms with Gasteiger partial charge in [-0.25, -0.2) is 4.98 Å². The summed E-state index contributed by atoms with van der Waals surface area (Å²) in [6.07, 6.45) is 1.51. The Labute approximate surface area is 184 Å². The van der Waals surface area contributed by atoms with Gasteiger partial charge in [0.1, 0.15) is 5.76 Å². The van der Waals surface area contributed by atoms with Crippen LogP contribution in [-0.2, 0) is 0 Å². The molecule has 2 aromatic rings. The number of fused-ring (bicyclic) bond motifs is 1. The molecular formula is C22H25N3O5S. The number of hydrogen-bond donors (Lipinski definition) is 0. The van der Waals surface area contributed by atoms with Crippen molar-refractivity contribution in [1.82, 2.24) is 14.8 Å². The van der Waals surface area contributed by atoms with E-state index in [0.29, 0.717) is 47.5 Å². The van der Waals surface area contributed by atoms with E-state index in [0.717, 1.165) is 37.4 Å². The monoisotopic (exact) mass is 443 g/mol. The third-order valence-electron chi connectivity index (χ3n) is 6.06. The summed E-state index contributed by atoms with van der Waals surface area (Å²) >= 11 is 1.87. The highest BCUT2D eigenvalue weighted by molar-refractivity contribution is 7.99. The van der Waals surface area contributed by atoms with Crippen molar-refractivity contribution >= 4 is 23.6 Å². The highest BCUT2D eigenvalue weighted by Gasteiger charge is 2.31. The second-order valence-corrected chi connectivity index (χ2v) is 9.22. The molecule has 164 valence electrons. The molecule has 31 heavy (non-hydrogen) atoms. The summed E-state index contributed by atoms with van der Waals surface area (Å²) in [6, 6.07) is 5.29. The zero-order chi connectivity index (χ0) is 21.4. The number of carbonyl (C=O) groups is 2. The van der Waals surface area contributed by atoms with Gasteiger partial charge in [-0.05, 0) is 38.0 Å². The summed E-state index contributed by atoms with van der Waals surface area (Å²) in [5.74, 6) is 4.46. The van der Waals surface area contributed by atoms with Gasteiger partial charge in [0.15, 0.2) is 23.1 Å². The maximum Gasteiger partial charge on any atom is 0.276 e. The molecule has 0 atom stereocenters. The summed E-state index contributed by atoms with van der Waals surface area (Å²) < 4.78 is 16.6. The molecule has 2 fully saturated rings. The van der Waals surface area contributed by atoms with Crippen LogP contribution in [0.1, 0.15) is 51.3 Å². The quantitative estimate of drug-likeness (QED) is 0.721. The molecule has 2 saturated heterocycles. The van der Waals surface area contributed by atoms with Crippen molar-refractivity contribution in [2.24, 2.45) is 0 Å². The molecule has 0 spiro atoms. The Hall–Kier alpha value is -2.68. The molecule has 0 aliphatic carbocycles. The lowest BCUT2D eigenvalue weighted by Gasteiger charge is -2.30. The fourth-order valence-electron chi connectivity index (χ4n) is 4.25. The van der Waals surface area contributed by atoms with E-state index in [2.05, 4.69) is 4.98 Å². The highest BCUT2D eigenvalue weighted by Crippen LogP contribution is 2.34. The van der Waals surface area contributed by atoms with E-state index in [1.54, 1.807) is 25.1 Å². The predicted octanol–water partition coefficient (Wildman–Crippen LogP) is 2.92. The Morgan fingerprint density at radius 3 is 2.48 bits per heavy atom. The Morgan fingerprint density at radius 2 is 1.71 bits per heavy atom. The number of carbonyl (C=O) groups excluding carboxylic acids is 2. The lowest BCUT2D eigenvalue weighted by atomic mass is 9.96. The van der Waals surface area contributed by atoms with Gasteiger partial charge in [-0.3, -0.25) is 9.59 Å². The number of aryl methyl sites for hydroxylation is 1. The fourth-order valence-corrected chi connectivity index (χ4v) is 5.15. The van der Waals surface area contributed by atoms with E-state index in [-0.39, 0.29) is 24.5 Å². The maximum absolute atomic E-state index is 12.9. The van der Waals surface area contributed by atoms with E-state index in [4.69, 9.17) is 13.9 Å². The van der Waals surface area contributed by atoms with Crippen LogP contribution in [0.3, 0.4) is 0 Å². The van der Waals surface area contributed by atoms with Crippen LogP contribution in [0.5, 0.6) is 11.5 Å². The van der Waals surface area contributed by atoms with E-state index in [1.807, 2.05) is 21.6 Å². The first-order valence-electron chi connectivity index (χ1n) is 10.6. The number of benzene rings is 1. The van der Waals surface area contributed by atoms with Crippen molar-refractivity contribution in [3.05, 3.63) is 41.1 Å². The molecule has 3 aliphatic rings. The third-order valence-corrected chi connectivity index (χ3v) is 7.01. The van der Waals surface area contributed by atoms with Crippen LogP contribution in [0.4, 0.5) is 0 Å². The fraction of sp³-hybridized carbons (Fsp3) is 0.500. The zero-order valence-corrected chi connectivity index (χ0v) is 18.3. The predicted molar refractivity (Wildman–Crippen MR) is 115 cm³/mol. The number of thioether (sulfide) groups is 1. The lowest BCUT2D eigenvalue weighted by molar-refractivity contribution is 0.0705. The first-order valence-corrected chi connectivity index (χ1v) is 11.8. The smallest absolute Gasteiger partial charge is 0.276 e. The standard InChI is InChI=1S/C22H25N3O5S/c1-14-19(22(27)25-8-10-31-11-9-25)23-20(30-14)15-4-6-24(7-5-15)21(26)16-2-3-17-18(12-16)29-13-28-17/h2-3,12,15H,4-11,13H2,1H3. The number of amides is 2. The molecule has 0 radical (unpaired) electrons. The summed E-state index contributed by atoms with van der Waals surface area (Å²) in [6.45, 7) is 4.74. The minimum absolute atomic E-state index is 0.0147. The number of ether oxygens (including phenoxy) is 2. The Morgan fingerprint density at radius 1 is 1.00 bits per heavy atom. The molecule has 9 heteroatoms. The summed E-state index contributed by atoms with van der Waals surface area (Å²) in [4.78, 5) is 34.0. The molecule has 1 aromatic heterocycles. The van der Waals surface area contributed by atoms with Crippen LogP contribution < -0.4 is 9.47 Å². The molecule has 0 unspecified atom stereocenters. The normalized spacial score (nSPS) is 19.0. The third kappa shape index (κ3) is 3.98. The summed E-state index contributed by atoms with van der Waals surface area (Å²) in [5.41, 5.74) is 1.03. The summed E-state index contributed by atoms with van der Waals surface area (Å²) in [5, 5.41) is 0. The number of oxazole rings is 1. The average Bonchev–Trinajstić information content (AvgIpc) is 3.44. The molecule has 0 saturated carbocycles. The van der Waals surface area contributed by atoms with Crippen LogP contribution in [0.15, 0.2) is 22.6 Å². The van der Waals surface area contributed by atoms with Gasteiger partial charge in [-0.2, -0.15) is 11.8 Å². The second-order valence-electron chi connectivity index (χ2n) is 8.00. The minimum atomic E-state index is -0.0387. The van der Waals surface area contributed by atoms with Crippen LogP contribution >= 0.6 is 11.8 Å². The number of nitrogens with zero attached hydrogens (tertiary/aromatic N) is 3. The number of piperidine rings is 1. The second kappa shape index (κ2) is 8.45. The molecule has 3 aliphatic heterocycles. The van der Waals surface area contributed by atoms with Gasteiger partial charge in [0.2, 0.25) is 6.79 Å². The maximum atomic E-state index is 12.9. The van der Waals surface area contributed by atoms with Crippen LogP contribution in [-0.4, -0.2) is 71.1 Å². The molecule has 1 aromatic carbocycles. The molecular weight excluding hydrogens is 418 g/mol. The van der Waals surface area contributed by atoms with Gasteiger partial charge < -0.3 is 23.7 Å². The van der Waals surface area contributed by atoms with Crippen LogP contribution in [0.2, 0.25) is 0 Å². The van der Waals surface area contributed by atoms with Crippen molar-refractivity contribution in [2.75, 3.05) is 44.5 Å². The van der Waals surface area contributed by atoms with Gasteiger partial charge in [-0.1, -0.05) is 0 Å². The largest absolute Gasteiger partial charge is 0.454 e. The van der Waals surface area contributed by atoms with Gasteiger partial charge in [0, 0.05) is 49.2 Å². The number of rotatable bonds is 3. The van der Waals surface area contributed by atoms with Crippen molar-refractivity contribution in [2.45, 2.75) is 25.7 Å². The minimum Gasteiger partial charge on any atom is -0.454 e. The lowest BCUT2D eigenvalue weighted by Crippen LogP contribution is -2.38. The highest BCUT2D eigenvalue weighted by atomic mass is 32.2. The van der Waals surface area contributed by atoms with Crippen LogP contribution in [0, 0.1) is 6.92 Å². The van der Waals surface area contributed by atoms with Gasteiger partial charge >= 0.3 is 0 Å². The number of hydrogen-bond acceptors (Lipinski definition) is 7. The molecule has 0 N–H and O–H groups in total. The first-order chi connectivity index (χ1) is 15.1. The van der Waals surface area contributed by atoms with E-state index >= 15 is 0 Å². The zero-order valence-electron chi connectivity index (χ0n) is 17.5. The average molecular weight is 444 g/mol. The van der Waals surface area contributed by atoms with Gasteiger partial charge in [0.05, 0.1) is 0 Å². The topological polar surface area (TPSA) is 85.1 Å². The van der Waals surface area contributed by atoms with Crippen molar-refractivity contribution in [3.8, 4) is 11.5 Å². The summed E-state index contributed by atoms with van der Waals surface area (Å²) in [7, 11) is 0. The molecule has 5 rings (SSSR count). The Kier molecular flexibility index (Phi) is 5.52. The van der Waals surface area contributed by atoms with Crippen molar-refractivity contribution in [1.29, 1.82) is 0 Å². The molecule has 2 amide bonds. The van der Waals surface area contributed by atoms with E-state index in [9.17, 15) is 9.59 Å². The SMILES string of the molecule is Cc1oc(C2CCN(C(=O)c3ccc4c(c3)OCO4)CC2)nc1C(=O)N1CCSCC1. The van der Waals surface area contributed by atoms with Crippen molar-refractivity contribution in [3.63, 3.8) is 0 Å².